The van der Waals surface area contributed by atoms with Crippen molar-refractivity contribution >= 4 is 11.7 Å². The van der Waals surface area contributed by atoms with E-state index in [9.17, 15) is 4.79 Å². The number of benzene rings is 1. The molecule has 1 fully saturated rings. The van der Waals surface area contributed by atoms with Crippen molar-refractivity contribution in [1.29, 1.82) is 0 Å². The van der Waals surface area contributed by atoms with Crippen LogP contribution in [0.4, 0.5) is 5.69 Å². The minimum atomic E-state index is -0.296. The van der Waals surface area contributed by atoms with Crippen LogP contribution >= 0.6 is 0 Å². The van der Waals surface area contributed by atoms with Crippen molar-refractivity contribution in [1.82, 2.24) is 0 Å². The smallest absolute Gasteiger partial charge is 0.338 e. The number of hydrogen-bond donors (Lipinski definition) is 1. The van der Waals surface area contributed by atoms with Gasteiger partial charge < -0.3 is 15.2 Å². The average Bonchev–Trinajstić information content (AvgIpc) is 2.82. The molecule has 1 aliphatic rings. The van der Waals surface area contributed by atoms with Gasteiger partial charge in [0.15, 0.2) is 0 Å². The molecule has 2 rings (SSSR count). The summed E-state index contributed by atoms with van der Waals surface area (Å²) in [4.78, 5) is 11.9. The maximum Gasteiger partial charge on any atom is 0.338 e. The Morgan fingerprint density at radius 2 is 2.06 bits per heavy atom. The number of ether oxygens (including phenoxy) is 2. The average molecular weight is 235 g/mol. The van der Waals surface area contributed by atoms with Crippen molar-refractivity contribution in [2.45, 2.75) is 31.8 Å². The minimum absolute atomic E-state index is 0.0750. The number of anilines is 1. The van der Waals surface area contributed by atoms with Crippen LogP contribution in [-0.2, 0) is 4.74 Å². The zero-order valence-electron chi connectivity index (χ0n) is 9.94. The number of hydrogen-bond acceptors (Lipinski definition) is 4. The number of nitrogens with two attached hydrogens (primary N) is 1. The van der Waals surface area contributed by atoms with E-state index in [-0.39, 0.29) is 12.1 Å². The molecule has 0 bridgehead atoms. The highest BCUT2D eigenvalue weighted by Gasteiger charge is 2.20. The highest BCUT2D eigenvalue weighted by atomic mass is 16.5. The highest BCUT2D eigenvalue weighted by Crippen LogP contribution is 2.25. The minimum Gasteiger partial charge on any atom is -0.495 e. The number of carbonyl (C=O) groups is 1. The highest BCUT2D eigenvalue weighted by molar-refractivity contribution is 5.90. The van der Waals surface area contributed by atoms with Gasteiger partial charge in [0.1, 0.15) is 11.9 Å². The fourth-order valence-corrected chi connectivity index (χ4v) is 2.06. The predicted molar refractivity (Wildman–Crippen MR) is 65.1 cm³/mol. The van der Waals surface area contributed by atoms with Gasteiger partial charge >= 0.3 is 5.97 Å². The van der Waals surface area contributed by atoms with E-state index in [4.69, 9.17) is 15.2 Å². The SMILES string of the molecule is COc1cc(C(=O)OC2CCCC2)ccc1N. The molecule has 0 heterocycles. The zero-order chi connectivity index (χ0) is 12.3. The molecule has 0 saturated heterocycles. The van der Waals surface area contributed by atoms with Gasteiger partial charge in [0.25, 0.3) is 0 Å². The van der Waals surface area contributed by atoms with Crippen LogP contribution in [-0.4, -0.2) is 19.2 Å². The molecule has 2 N–H and O–H groups in total. The van der Waals surface area contributed by atoms with Crippen LogP contribution in [0.3, 0.4) is 0 Å². The summed E-state index contributed by atoms with van der Waals surface area (Å²) in [6.45, 7) is 0. The van der Waals surface area contributed by atoms with Crippen molar-refractivity contribution in [3.63, 3.8) is 0 Å². The van der Waals surface area contributed by atoms with Gasteiger partial charge in [-0.2, -0.15) is 0 Å². The maximum absolute atomic E-state index is 11.9. The number of nitrogen functional groups attached to an aromatic ring is 1. The Kier molecular flexibility index (Phi) is 3.52. The lowest BCUT2D eigenvalue weighted by atomic mass is 10.2. The summed E-state index contributed by atoms with van der Waals surface area (Å²) in [5.41, 5.74) is 6.69. The number of esters is 1. The molecule has 1 aromatic carbocycles. The number of carbonyl (C=O) groups excluding carboxylic acids is 1. The lowest BCUT2D eigenvalue weighted by Gasteiger charge is -2.12. The van der Waals surface area contributed by atoms with Gasteiger partial charge in [0.05, 0.1) is 18.4 Å². The van der Waals surface area contributed by atoms with E-state index in [1.165, 1.54) is 7.11 Å². The Balaban J connectivity index is 2.07. The lowest BCUT2D eigenvalue weighted by Crippen LogP contribution is -2.14. The summed E-state index contributed by atoms with van der Waals surface area (Å²) >= 11 is 0. The van der Waals surface area contributed by atoms with Crippen molar-refractivity contribution in [3.05, 3.63) is 23.8 Å². The van der Waals surface area contributed by atoms with Gasteiger partial charge in [0.2, 0.25) is 0 Å². The second-order valence-corrected chi connectivity index (χ2v) is 4.27. The Hall–Kier alpha value is -1.71. The van der Waals surface area contributed by atoms with Gasteiger partial charge in [-0.15, -0.1) is 0 Å². The van der Waals surface area contributed by atoms with E-state index in [2.05, 4.69) is 0 Å². The molecule has 1 saturated carbocycles. The van der Waals surface area contributed by atoms with Crippen LogP contribution in [0.2, 0.25) is 0 Å². The van der Waals surface area contributed by atoms with Crippen molar-refractivity contribution in [3.8, 4) is 5.75 Å². The molecule has 0 atom stereocenters. The number of methoxy groups -OCH3 is 1. The number of rotatable bonds is 3. The largest absolute Gasteiger partial charge is 0.495 e. The van der Waals surface area contributed by atoms with Crippen LogP contribution in [0.5, 0.6) is 5.75 Å². The molecular formula is C13H17NO3. The zero-order valence-corrected chi connectivity index (χ0v) is 9.94. The van der Waals surface area contributed by atoms with Crippen LogP contribution < -0.4 is 10.5 Å². The summed E-state index contributed by atoms with van der Waals surface area (Å²) in [6.07, 6.45) is 4.30. The van der Waals surface area contributed by atoms with Crippen molar-refractivity contribution in [2.75, 3.05) is 12.8 Å². The molecule has 1 aromatic rings. The summed E-state index contributed by atoms with van der Waals surface area (Å²) in [5.74, 6) is 0.209. The third-order valence-electron chi connectivity index (χ3n) is 3.05. The van der Waals surface area contributed by atoms with Crippen LogP contribution in [0.25, 0.3) is 0 Å². The summed E-state index contributed by atoms with van der Waals surface area (Å²) in [7, 11) is 1.53. The standard InChI is InChI=1S/C13H17NO3/c1-16-12-8-9(6-7-11(12)14)13(15)17-10-4-2-3-5-10/h6-8,10H,2-5,14H2,1H3. The molecular weight excluding hydrogens is 218 g/mol. The van der Waals surface area contributed by atoms with Gasteiger partial charge in [0, 0.05) is 0 Å². The fraction of sp³-hybridized carbons (Fsp3) is 0.462. The summed E-state index contributed by atoms with van der Waals surface area (Å²) < 4.78 is 10.5. The predicted octanol–water partition coefficient (Wildman–Crippen LogP) is 2.38. The normalized spacial score (nSPS) is 15.8. The molecule has 0 aliphatic heterocycles. The molecule has 0 spiro atoms. The van der Waals surface area contributed by atoms with Crippen LogP contribution in [0.1, 0.15) is 36.0 Å². The van der Waals surface area contributed by atoms with Crippen molar-refractivity contribution < 1.29 is 14.3 Å². The third kappa shape index (κ3) is 2.70. The fourth-order valence-electron chi connectivity index (χ4n) is 2.06. The van der Waals surface area contributed by atoms with Gasteiger partial charge in [-0.25, -0.2) is 4.79 Å². The first-order valence-electron chi connectivity index (χ1n) is 5.85. The van der Waals surface area contributed by atoms with Crippen LogP contribution in [0.15, 0.2) is 18.2 Å². The molecule has 4 nitrogen and oxygen atoms in total. The maximum atomic E-state index is 11.9. The van der Waals surface area contributed by atoms with Crippen LogP contribution in [0, 0.1) is 0 Å². The van der Waals surface area contributed by atoms with Gasteiger partial charge in [-0.3, -0.25) is 0 Å². The topological polar surface area (TPSA) is 61.5 Å². The summed E-state index contributed by atoms with van der Waals surface area (Å²) in [6, 6.07) is 4.94. The van der Waals surface area contributed by atoms with E-state index in [0.29, 0.717) is 17.0 Å². The first-order valence-corrected chi connectivity index (χ1v) is 5.85. The first-order chi connectivity index (χ1) is 8.20. The second-order valence-electron chi connectivity index (χ2n) is 4.27. The monoisotopic (exact) mass is 235 g/mol. The Labute approximate surface area is 101 Å². The molecule has 92 valence electrons. The van der Waals surface area contributed by atoms with E-state index < -0.39 is 0 Å². The quantitative estimate of drug-likeness (QED) is 0.645. The molecule has 0 amide bonds. The molecule has 17 heavy (non-hydrogen) atoms. The van der Waals surface area contributed by atoms with E-state index in [1.807, 2.05) is 0 Å². The van der Waals surface area contributed by atoms with Gasteiger partial charge in [-0.1, -0.05) is 0 Å². The Bertz CT molecular complexity index is 411. The molecule has 0 radical (unpaired) electrons. The summed E-state index contributed by atoms with van der Waals surface area (Å²) in [5, 5.41) is 0. The molecule has 0 aromatic heterocycles. The van der Waals surface area contributed by atoms with Gasteiger partial charge in [-0.05, 0) is 43.9 Å². The molecule has 1 aliphatic carbocycles. The Morgan fingerprint density at radius 3 is 2.71 bits per heavy atom. The second kappa shape index (κ2) is 5.08. The van der Waals surface area contributed by atoms with E-state index in [1.54, 1.807) is 18.2 Å². The third-order valence-corrected chi connectivity index (χ3v) is 3.05. The molecule has 4 heteroatoms. The van der Waals surface area contributed by atoms with E-state index in [0.717, 1.165) is 25.7 Å². The van der Waals surface area contributed by atoms with E-state index >= 15 is 0 Å². The molecule has 0 unspecified atom stereocenters. The first kappa shape index (κ1) is 11.8. The Morgan fingerprint density at radius 1 is 1.35 bits per heavy atom. The van der Waals surface area contributed by atoms with Crippen molar-refractivity contribution in [2.24, 2.45) is 0 Å². The lowest BCUT2D eigenvalue weighted by molar-refractivity contribution is 0.0317.